The van der Waals surface area contributed by atoms with Gasteiger partial charge in [0.05, 0.1) is 7.11 Å². The molecule has 0 saturated heterocycles. The number of hydrogen-bond acceptors (Lipinski definition) is 8. The summed E-state index contributed by atoms with van der Waals surface area (Å²) in [6, 6.07) is 23.5. The van der Waals surface area contributed by atoms with Crippen molar-refractivity contribution in [1.82, 2.24) is 33.2 Å². The molecule has 0 atom stereocenters. The van der Waals surface area contributed by atoms with E-state index in [4.69, 9.17) is 4.74 Å². The standard InChI is InChI=1S/C29H30N8O2S.3CH3.Sn/c1-3-4-9-26-31-34-29(40-19-21-12-16-23(39-2)17-13-21)37(26)18-20-10-14-22(15-11-20)30-28(38)25-8-6-5-7-24(25)27-32-35-36-33-27;;;;/h5-8,10-17H,3-4,9,18-19H2,1-2H3,(H2,30,32,33,35,36,38);3*1H3;/q;;;;+1/p-1. The minimum absolute atomic E-state index is 0.204. The molecule has 1 N–H and O–H groups in total. The van der Waals surface area contributed by atoms with E-state index in [1.165, 1.54) is 5.56 Å². The predicted molar refractivity (Wildman–Crippen MR) is 177 cm³/mol. The SMILES string of the molecule is CCCCc1nnc(SCc2ccc(OC)cc2)n1Cc1ccc(NC(=O)c2ccccc2-c2nnn[n]2[Sn]([CH3])([CH3])[CH3])cc1. The summed E-state index contributed by atoms with van der Waals surface area (Å²) in [5.74, 6) is 3.05. The first-order valence-electron chi connectivity index (χ1n) is 14.7. The Morgan fingerprint density at radius 3 is 2.36 bits per heavy atom. The normalized spacial score (nSPS) is 11.5. The number of amides is 1. The molecule has 0 fully saturated rings. The second-order valence-electron chi connectivity index (χ2n) is 11.5. The van der Waals surface area contributed by atoms with E-state index < -0.39 is 18.7 Å². The third kappa shape index (κ3) is 7.67. The van der Waals surface area contributed by atoms with Crippen molar-refractivity contribution in [1.29, 1.82) is 0 Å². The Morgan fingerprint density at radius 2 is 1.66 bits per heavy atom. The number of methoxy groups -OCH3 is 1. The third-order valence-corrected chi connectivity index (χ3v) is 12.7. The molecule has 0 bridgehead atoms. The number of unbranched alkanes of at least 4 members (excludes halogenated alkanes) is 1. The Balaban J connectivity index is 1.30. The average molecular weight is 717 g/mol. The summed E-state index contributed by atoms with van der Waals surface area (Å²) in [6.07, 6.45) is 3.02. The fraction of sp³-hybridized carbons (Fsp3) is 0.312. The molecular formula is C32H38N8O2SSn. The fourth-order valence-corrected chi connectivity index (χ4v) is 8.81. The Labute approximate surface area is 266 Å². The van der Waals surface area contributed by atoms with Gasteiger partial charge >= 0.3 is 156 Å². The summed E-state index contributed by atoms with van der Waals surface area (Å²) in [7, 11) is 1.67. The molecule has 10 nitrogen and oxygen atoms in total. The molecule has 44 heavy (non-hydrogen) atoms. The van der Waals surface area contributed by atoms with Crippen LogP contribution in [0.4, 0.5) is 5.69 Å². The van der Waals surface area contributed by atoms with Crippen molar-refractivity contribution in [2.75, 3.05) is 12.4 Å². The Kier molecular flexibility index (Phi) is 10.4. The first-order valence-corrected chi connectivity index (χ1v) is 25.6. The Morgan fingerprint density at radius 1 is 0.932 bits per heavy atom. The predicted octanol–water partition coefficient (Wildman–Crippen LogP) is 6.56. The maximum absolute atomic E-state index is 13.4. The molecule has 5 rings (SSSR count). The second-order valence-corrected chi connectivity index (χ2v) is 26.0. The number of nitrogens with one attached hydrogen (secondary N) is 1. The number of aryl methyl sites for hydroxylation is 1. The molecule has 2 aromatic heterocycles. The van der Waals surface area contributed by atoms with Gasteiger partial charge in [0.15, 0.2) is 5.16 Å². The van der Waals surface area contributed by atoms with Crippen LogP contribution in [0, 0.1) is 0 Å². The summed E-state index contributed by atoms with van der Waals surface area (Å²) in [5, 5.41) is 25.5. The molecule has 0 radical (unpaired) electrons. The van der Waals surface area contributed by atoms with Crippen LogP contribution in [0.25, 0.3) is 11.4 Å². The number of tetrazole rings is 1. The van der Waals surface area contributed by atoms with E-state index in [2.05, 4.69) is 69.5 Å². The first kappa shape index (κ1) is 31.7. The van der Waals surface area contributed by atoms with Crippen LogP contribution in [0.5, 0.6) is 5.75 Å². The van der Waals surface area contributed by atoms with E-state index in [-0.39, 0.29) is 5.91 Å². The van der Waals surface area contributed by atoms with Crippen molar-refractivity contribution in [3.05, 3.63) is 95.3 Å². The van der Waals surface area contributed by atoms with Gasteiger partial charge < -0.3 is 4.74 Å². The van der Waals surface area contributed by atoms with Crippen LogP contribution in [0.2, 0.25) is 14.8 Å². The molecule has 0 unspecified atom stereocenters. The molecule has 0 aliphatic carbocycles. The summed E-state index contributed by atoms with van der Waals surface area (Å²) in [6.45, 7) is 2.83. The van der Waals surface area contributed by atoms with Crippen molar-refractivity contribution in [2.24, 2.45) is 0 Å². The van der Waals surface area contributed by atoms with E-state index in [1.54, 1.807) is 18.9 Å². The van der Waals surface area contributed by atoms with Gasteiger partial charge in [-0.05, 0) is 24.1 Å². The van der Waals surface area contributed by atoms with Crippen LogP contribution in [-0.2, 0) is 18.7 Å². The van der Waals surface area contributed by atoms with Gasteiger partial charge in [-0.2, -0.15) is 0 Å². The number of rotatable bonds is 13. The Bertz CT molecular complexity index is 1690. The number of benzene rings is 3. The van der Waals surface area contributed by atoms with Gasteiger partial charge in [0.25, 0.3) is 0 Å². The van der Waals surface area contributed by atoms with Crippen LogP contribution < -0.4 is 10.1 Å². The van der Waals surface area contributed by atoms with E-state index in [0.29, 0.717) is 23.6 Å². The number of nitrogens with zero attached hydrogens (tertiary/aromatic N) is 7. The van der Waals surface area contributed by atoms with Gasteiger partial charge in [0.1, 0.15) is 11.6 Å². The molecule has 0 saturated carbocycles. The van der Waals surface area contributed by atoms with Crippen molar-refractivity contribution in [3.8, 4) is 17.1 Å². The van der Waals surface area contributed by atoms with Gasteiger partial charge in [-0.15, -0.1) is 10.2 Å². The fourth-order valence-electron chi connectivity index (χ4n) is 4.73. The molecule has 3 aromatic carbocycles. The van der Waals surface area contributed by atoms with Gasteiger partial charge in [0.2, 0.25) is 0 Å². The molecule has 0 aliphatic heterocycles. The monoisotopic (exact) mass is 718 g/mol. The van der Waals surface area contributed by atoms with Crippen LogP contribution in [-0.4, -0.2) is 64.9 Å². The van der Waals surface area contributed by atoms with Crippen LogP contribution in [0.15, 0.2) is 78.0 Å². The number of carbonyl (C=O) groups is 1. The molecule has 228 valence electrons. The first-order chi connectivity index (χ1) is 21.3. The van der Waals surface area contributed by atoms with Crippen LogP contribution in [0.3, 0.4) is 0 Å². The third-order valence-electron chi connectivity index (χ3n) is 7.14. The van der Waals surface area contributed by atoms with Crippen molar-refractivity contribution in [3.63, 3.8) is 0 Å². The molecule has 0 spiro atoms. The summed E-state index contributed by atoms with van der Waals surface area (Å²) in [4.78, 5) is 20.1. The average Bonchev–Trinajstić information content (AvgIpc) is 3.68. The molecule has 1 amide bonds. The quantitative estimate of drug-likeness (QED) is 0.108. The number of thioether (sulfide) groups is 1. The van der Waals surface area contributed by atoms with E-state index in [0.717, 1.165) is 52.9 Å². The Hall–Kier alpha value is -3.71. The summed E-state index contributed by atoms with van der Waals surface area (Å²) in [5.41, 5.74) is 4.27. The molecule has 2 heterocycles. The van der Waals surface area contributed by atoms with Gasteiger partial charge in [-0.1, -0.05) is 37.2 Å². The summed E-state index contributed by atoms with van der Waals surface area (Å²) < 4.78 is 9.43. The van der Waals surface area contributed by atoms with E-state index in [1.807, 2.05) is 63.6 Å². The summed E-state index contributed by atoms with van der Waals surface area (Å²) >= 11 is -0.997. The zero-order chi connectivity index (χ0) is 31.1. The molecule has 0 aliphatic rings. The molecule has 12 heteroatoms. The van der Waals surface area contributed by atoms with Crippen molar-refractivity contribution >= 4 is 42.0 Å². The van der Waals surface area contributed by atoms with Gasteiger partial charge in [-0.3, -0.25) is 0 Å². The van der Waals surface area contributed by atoms with Gasteiger partial charge in [-0.25, -0.2) is 0 Å². The number of hydrogen-bond donors (Lipinski definition) is 1. The second kappa shape index (κ2) is 14.4. The maximum atomic E-state index is 13.4. The zero-order valence-electron chi connectivity index (χ0n) is 25.8. The number of anilines is 1. The molecular weight excluding hydrogens is 679 g/mol. The zero-order valence-corrected chi connectivity index (χ0v) is 29.5. The topological polar surface area (TPSA) is 113 Å². The molecule has 5 aromatic rings. The van der Waals surface area contributed by atoms with E-state index in [9.17, 15) is 4.79 Å². The van der Waals surface area contributed by atoms with E-state index >= 15 is 0 Å². The number of carbonyl (C=O) groups excluding carboxylic acids is 1. The number of aromatic nitrogens is 7. The van der Waals surface area contributed by atoms with Crippen LogP contribution in [0.1, 0.15) is 47.1 Å². The number of ether oxygens (including phenoxy) is 1. The van der Waals surface area contributed by atoms with Crippen LogP contribution >= 0.6 is 11.8 Å². The minimum atomic E-state index is -2.68. The van der Waals surface area contributed by atoms with Crippen molar-refractivity contribution in [2.45, 2.75) is 58.5 Å². The van der Waals surface area contributed by atoms with Crippen molar-refractivity contribution < 1.29 is 9.53 Å². The van der Waals surface area contributed by atoms with Gasteiger partial charge in [0, 0.05) is 12.2 Å².